The second kappa shape index (κ2) is 9.82. The lowest BCUT2D eigenvalue weighted by Crippen LogP contribution is -2.34. The minimum Gasteiger partial charge on any atom is -0.484 e. The highest BCUT2D eigenvalue weighted by Crippen LogP contribution is 2.25. The van der Waals surface area contributed by atoms with Gasteiger partial charge in [0.1, 0.15) is 11.6 Å². The molecule has 0 atom stereocenters. The molecule has 30 heavy (non-hydrogen) atoms. The molecule has 1 N–H and O–H groups in total. The summed E-state index contributed by atoms with van der Waals surface area (Å²) in [6.45, 7) is 5.04. The van der Waals surface area contributed by atoms with Crippen molar-refractivity contribution in [3.63, 3.8) is 0 Å². The maximum Gasteiger partial charge on any atom is 0.328 e. The van der Waals surface area contributed by atoms with Crippen LogP contribution in [0.1, 0.15) is 6.42 Å². The summed E-state index contributed by atoms with van der Waals surface area (Å²) >= 11 is 11.5. The van der Waals surface area contributed by atoms with E-state index >= 15 is 0 Å². The summed E-state index contributed by atoms with van der Waals surface area (Å²) in [5, 5.41) is 3.27. The summed E-state index contributed by atoms with van der Waals surface area (Å²) in [4.78, 5) is 27.8. The number of carbonyl (C=O) groups excluding carboxylic acids is 2. The van der Waals surface area contributed by atoms with Gasteiger partial charge in [-0.3, -0.25) is 14.6 Å². The molecular weight excluding hydrogens is 432 g/mol. The molecule has 2 aromatic carbocycles. The molecule has 1 aliphatic rings. The van der Waals surface area contributed by atoms with Crippen molar-refractivity contribution in [1.29, 1.82) is 0 Å². The highest BCUT2D eigenvalue weighted by atomic mass is 35.5. The van der Waals surface area contributed by atoms with Gasteiger partial charge < -0.3 is 10.1 Å². The van der Waals surface area contributed by atoms with E-state index in [9.17, 15) is 14.0 Å². The number of nitrogens with zero attached hydrogens (tertiary/aromatic N) is 2. The topological polar surface area (TPSA) is 61.9 Å². The van der Waals surface area contributed by atoms with E-state index in [0.717, 1.165) is 11.8 Å². The Morgan fingerprint density at radius 2 is 1.90 bits per heavy atom. The summed E-state index contributed by atoms with van der Waals surface area (Å²) in [6, 6.07) is 10.8. The van der Waals surface area contributed by atoms with Crippen molar-refractivity contribution < 1.29 is 18.7 Å². The lowest BCUT2D eigenvalue weighted by atomic mass is 10.3. The van der Waals surface area contributed by atoms with Crippen LogP contribution in [0.5, 0.6) is 5.75 Å². The van der Waals surface area contributed by atoms with Crippen LogP contribution in [0.15, 0.2) is 54.7 Å². The zero-order valence-electron chi connectivity index (χ0n) is 16.0. The Kier molecular flexibility index (Phi) is 7.18. The number of hydrogen-bond donors (Lipinski definition) is 1. The third-order valence-electron chi connectivity index (χ3n) is 4.53. The standard InChI is InChI=1S/C21H20Cl2FN3O3/c1-14(26-10-11-27(21(26)29)16-4-2-15(22)3-5-16)8-9-25-20(28)13-30-17-6-7-18(23)19(24)12-17/h2-7,12H,1,8-11,13H2,(H,25,28). The van der Waals surface area contributed by atoms with Crippen molar-refractivity contribution in [1.82, 2.24) is 10.2 Å². The SMILES string of the molecule is C=C(CCNC(=O)COc1ccc(Cl)c(F)c1)N1CCN(c2ccc(Cl)cc2)C1=O. The predicted octanol–water partition coefficient (Wildman–Crippen LogP) is 4.47. The Bertz CT molecular complexity index is 953. The predicted molar refractivity (Wildman–Crippen MR) is 115 cm³/mol. The summed E-state index contributed by atoms with van der Waals surface area (Å²) in [5.41, 5.74) is 1.38. The maximum atomic E-state index is 13.4. The fourth-order valence-corrected chi connectivity index (χ4v) is 3.18. The molecule has 0 bridgehead atoms. The number of halogens is 3. The Morgan fingerprint density at radius 3 is 2.60 bits per heavy atom. The van der Waals surface area contributed by atoms with Crippen LogP contribution in [0, 0.1) is 5.82 Å². The first-order valence-corrected chi connectivity index (χ1v) is 9.97. The van der Waals surface area contributed by atoms with Crippen LogP contribution in [0.4, 0.5) is 14.9 Å². The second-order valence-electron chi connectivity index (χ2n) is 6.59. The molecule has 2 aromatic rings. The Balaban J connectivity index is 1.42. The number of benzene rings is 2. The quantitative estimate of drug-likeness (QED) is 0.643. The molecule has 0 radical (unpaired) electrons. The molecule has 0 aliphatic carbocycles. The van der Waals surface area contributed by atoms with Crippen LogP contribution < -0.4 is 15.0 Å². The zero-order valence-corrected chi connectivity index (χ0v) is 17.5. The van der Waals surface area contributed by atoms with E-state index in [1.807, 2.05) is 0 Å². The first kappa shape index (κ1) is 21.9. The zero-order chi connectivity index (χ0) is 21.7. The van der Waals surface area contributed by atoms with Crippen molar-refractivity contribution in [2.45, 2.75) is 6.42 Å². The number of carbonyl (C=O) groups is 2. The first-order chi connectivity index (χ1) is 14.3. The summed E-state index contributed by atoms with van der Waals surface area (Å²) in [5.74, 6) is -0.774. The highest BCUT2D eigenvalue weighted by molar-refractivity contribution is 6.31. The number of rotatable bonds is 8. The highest BCUT2D eigenvalue weighted by Gasteiger charge is 2.30. The maximum absolute atomic E-state index is 13.4. The van der Waals surface area contributed by atoms with E-state index in [4.69, 9.17) is 27.9 Å². The van der Waals surface area contributed by atoms with Crippen molar-refractivity contribution in [3.8, 4) is 5.75 Å². The minimum atomic E-state index is -0.617. The molecule has 9 heteroatoms. The third-order valence-corrected chi connectivity index (χ3v) is 5.08. The summed E-state index contributed by atoms with van der Waals surface area (Å²) in [6.07, 6.45) is 0.404. The van der Waals surface area contributed by atoms with Crippen molar-refractivity contribution in [2.75, 3.05) is 31.1 Å². The molecule has 0 aromatic heterocycles. The van der Waals surface area contributed by atoms with Crippen LogP contribution >= 0.6 is 23.2 Å². The van der Waals surface area contributed by atoms with Crippen molar-refractivity contribution in [2.24, 2.45) is 0 Å². The number of nitrogens with one attached hydrogen (secondary N) is 1. The summed E-state index contributed by atoms with van der Waals surface area (Å²) in [7, 11) is 0. The van der Waals surface area contributed by atoms with Crippen LogP contribution in [0.25, 0.3) is 0 Å². The molecule has 0 spiro atoms. The van der Waals surface area contributed by atoms with E-state index in [1.54, 1.807) is 34.1 Å². The number of urea groups is 1. The van der Waals surface area contributed by atoms with Crippen LogP contribution in [-0.4, -0.2) is 43.1 Å². The van der Waals surface area contributed by atoms with Gasteiger partial charge in [0.2, 0.25) is 0 Å². The van der Waals surface area contributed by atoms with Gasteiger partial charge in [0.15, 0.2) is 6.61 Å². The van der Waals surface area contributed by atoms with Crippen LogP contribution in [-0.2, 0) is 4.79 Å². The van der Waals surface area contributed by atoms with Crippen molar-refractivity contribution in [3.05, 3.63) is 70.6 Å². The Hall–Kier alpha value is -2.77. The molecule has 6 nitrogen and oxygen atoms in total. The number of hydrogen-bond acceptors (Lipinski definition) is 3. The van der Waals surface area contributed by atoms with Gasteiger partial charge in [-0.1, -0.05) is 29.8 Å². The molecule has 1 fully saturated rings. The molecule has 0 unspecified atom stereocenters. The molecule has 158 valence electrons. The van der Waals surface area contributed by atoms with E-state index < -0.39 is 5.82 Å². The smallest absolute Gasteiger partial charge is 0.328 e. The molecule has 0 saturated carbocycles. The van der Waals surface area contributed by atoms with E-state index in [2.05, 4.69) is 11.9 Å². The van der Waals surface area contributed by atoms with Gasteiger partial charge in [0.25, 0.3) is 5.91 Å². The lowest BCUT2D eigenvalue weighted by molar-refractivity contribution is -0.123. The van der Waals surface area contributed by atoms with Gasteiger partial charge in [0, 0.05) is 48.5 Å². The number of amides is 3. The van der Waals surface area contributed by atoms with E-state index in [-0.39, 0.29) is 29.3 Å². The van der Waals surface area contributed by atoms with Crippen LogP contribution in [0.2, 0.25) is 10.0 Å². The van der Waals surface area contributed by atoms with Gasteiger partial charge >= 0.3 is 6.03 Å². The van der Waals surface area contributed by atoms with Gasteiger partial charge in [-0.25, -0.2) is 9.18 Å². The fourth-order valence-electron chi connectivity index (χ4n) is 2.94. The Morgan fingerprint density at radius 1 is 1.17 bits per heavy atom. The minimum absolute atomic E-state index is 0.0172. The molecular formula is C21H20Cl2FN3O3. The average Bonchev–Trinajstić information content (AvgIpc) is 3.11. The Labute approximate surface area is 183 Å². The van der Waals surface area contributed by atoms with E-state index in [0.29, 0.717) is 36.8 Å². The average molecular weight is 452 g/mol. The normalized spacial score (nSPS) is 13.5. The molecule has 3 rings (SSSR count). The van der Waals surface area contributed by atoms with Crippen LogP contribution in [0.3, 0.4) is 0 Å². The van der Waals surface area contributed by atoms with Gasteiger partial charge in [-0.15, -0.1) is 0 Å². The molecule has 3 amide bonds. The van der Waals surface area contributed by atoms with E-state index in [1.165, 1.54) is 12.1 Å². The summed E-state index contributed by atoms with van der Waals surface area (Å²) < 4.78 is 18.6. The number of ether oxygens (including phenoxy) is 1. The molecule has 1 heterocycles. The molecule has 1 aliphatic heterocycles. The fraction of sp³-hybridized carbons (Fsp3) is 0.238. The number of anilines is 1. The monoisotopic (exact) mass is 451 g/mol. The second-order valence-corrected chi connectivity index (χ2v) is 7.44. The lowest BCUT2D eigenvalue weighted by Gasteiger charge is -2.20. The van der Waals surface area contributed by atoms with Gasteiger partial charge in [-0.05, 0) is 36.4 Å². The van der Waals surface area contributed by atoms with Gasteiger partial charge in [-0.2, -0.15) is 0 Å². The largest absolute Gasteiger partial charge is 0.484 e. The van der Waals surface area contributed by atoms with Crippen molar-refractivity contribution >= 4 is 40.8 Å². The third kappa shape index (κ3) is 5.43. The first-order valence-electron chi connectivity index (χ1n) is 9.22. The van der Waals surface area contributed by atoms with Gasteiger partial charge in [0.05, 0.1) is 5.02 Å². The molecule has 1 saturated heterocycles.